The normalized spacial score (nSPS) is 11.8. The van der Waals surface area contributed by atoms with Crippen LogP contribution in [0.4, 0.5) is 0 Å². The summed E-state index contributed by atoms with van der Waals surface area (Å²) >= 11 is 0. The zero-order chi connectivity index (χ0) is 28.4. The molecule has 0 saturated carbocycles. The van der Waals surface area contributed by atoms with Gasteiger partial charge in [0.05, 0.1) is 17.2 Å². The maximum atomic E-state index is 13.5. The van der Waals surface area contributed by atoms with Gasteiger partial charge in [0.25, 0.3) is 5.91 Å². The summed E-state index contributed by atoms with van der Waals surface area (Å²) < 4.78 is 34.0. The highest BCUT2D eigenvalue weighted by Gasteiger charge is 2.25. The summed E-state index contributed by atoms with van der Waals surface area (Å²) in [5.41, 5.74) is 6.20. The zero-order valence-corrected chi connectivity index (χ0v) is 23.5. The number of nitrogens with zero attached hydrogens (tertiary/aromatic N) is 2. The molecular formula is C32H33N3O4S. The second kappa shape index (κ2) is 13.7. The molecule has 8 heteroatoms. The van der Waals surface area contributed by atoms with Crippen LogP contribution in [0.25, 0.3) is 0 Å². The Bertz CT molecular complexity index is 1520. The fraction of sp³-hybridized carbons (Fsp3) is 0.188. The van der Waals surface area contributed by atoms with E-state index in [1.165, 1.54) is 4.31 Å². The monoisotopic (exact) mass is 555 g/mol. The molecule has 0 aliphatic carbocycles. The van der Waals surface area contributed by atoms with Crippen molar-refractivity contribution in [2.45, 2.75) is 38.3 Å². The summed E-state index contributed by atoms with van der Waals surface area (Å²) in [4.78, 5) is 13.0. The third-order valence-electron chi connectivity index (χ3n) is 6.23. The number of carbonyl (C=O) groups excluding carboxylic acids is 1. The van der Waals surface area contributed by atoms with Crippen LogP contribution in [0.1, 0.15) is 47.3 Å². The van der Waals surface area contributed by atoms with E-state index in [-0.39, 0.29) is 23.9 Å². The smallest absolute Gasteiger partial charge is 0.271 e. The number of rotatable bonds is 12. The Hall–Kier alpha value is -4.27. The molecule has 0 atom stereocenters. The third kappa shape index (κ3) is 7.65. The fourth-order valence-electron chi connectivity index (χ4n) is 4.00. The second-order valence-corrected chi connectivity index (χ2v) is 11.2. The third-order valence-corrected chi connectivity index (χ3v) is 8.03. The molecule has 206 valence electrons. The molecule has 0 fully saturated rings. The van der Waals surface area contributed by atoms with Crippen LogP contribution in [0.3, 0.4) is 0 Å². The molecule has 1 amide bonds. The van der Waals surface area contributed by atoms with E-state index in [1.807, 2.05) is 61.5 Å². The van der Waals surface area contributed by atoms with E-state index in [4.69, 9.17) is 4.74 Å². The van der Waals surface area contributed by atoms with Crippen LogP contribution in [0, 0.1) is 0 Å². The lowest BCUT2D eigenvalue weighted by Crippen LogP contribution is -2.30. The average molecular weight is 556 g/mol. The number of nitrogens with one attached hydrogen (secondary N) is 1. The molecule has 0 saturated heterocycles. The van der Waals surface area contributed by atoms with Crippen molar-refractivity contribution in [1.82, 2.24) is 9.73 Å². The lowest BCUT2D eigenvalue weighted by molar-refractivity contribution is 0.0954. The molecule has 0 spiro atoms. The maximum Gasteiger partial charge on any atom is 0.271 e. The van der Waals surface area contributed by atoms with Crippen molar-refractivity contribution < 1.29 is 17.9 Å². The Morgan fingerprint density at radius 3 is 1.93 bits per heavy atom. The molecule has 0 bridgehead atoms. The van der Waals surface area contributed by atoms with Gasteiger partial charge >= 0.3 is 0 Å². The number of hydrogen-bond donors (Lipinski definition) is 1. The summed E-state index contributed by atoms with van der Waals surface area (Å²) in [6, 6.07) is 32.3. The Kier molecular flexibility index (Phi) is 9.83. The van der Waals surface area contributed by atoms with Crippen LogP contribution in [0.2, 0.25) is 0 Å². The van der Waals surface area contributed by atoms with Crippen LogP contribution in [-0.2, 0) is 23.1 Å². The van der Waals surface area contributed by atoms with Crippen LogP contribution in [0.5, 0.6) is 5.75 Å². The molecule has 1 N–H and O–H groups in total. The first-order valence-electron chi connectivity index (χ1n) is 13.1. The number of benzene rings is 4. The van der Waals surface area contributed by atoms with Crippen molar-refractivity contribution in [3.05, 3.63) is 131 Å². The van der Waals surface area contributed by atoms with Crippen LogP contribution >= 0.6 is 0 Å². The standard InChI is InChI=1S/C32H33N3O4S/c1-3-22-39-30-20-18-28(19-21-30)25(2)33-34-32(36)29-16-14-27(15-17-29)24-35(23-26-10-6-4-7-11-26)40(37,38)31-12-8-5-9-13-31/h4-21H,3,22-24H2,1-2H3,(H,34,36)/b33-25+. The molecule has 4 aromatic rings. The van der Waals surface area contributed by atoms with Gasteiger partial charge < -0.3 is 4.74 Å². The SMILES string of the molecule is CCCOc1ccc(/C(C)=N/NC(=O)c2ccc(CN(Cc3ccccc3)S(=O)(=O)c3ccccc3)cc2)cc1. The Morgan fingerprint density at radius 2 is 1.32 bits per heavy atom. The Labute approximate surface area is 236 Å². The number of carbonyl (C=O) groups is 1. The van der Waals surface area contributed by atoms with E-state index in [0.29, 0.717) is 17.9 Å². The van der Waals surface area contributed by atoms with E-state index in [2.05, 4.69) is 17.5 Å². The van der Waals surface area contributed by atoms with E-state index in [1.54, 1.807) is 54.6 Å². The lowest BCUT2D eigenvalue weighted by atomic mass is 10.1. The summed E-state index contributed by atoms with van der Waals surface area (Å²) in [5, 5.41) is 4.23. The van der Waals surface area contributed by atoms with Crippen LogP contribution in [0.15, 0.2) is 119 Å². The summed E-state index contributed by atoms with van der Waals surface area (Å²) in [6.07, 6.45) is 0.938. The van der Waals surface area contributed by atoms with Crippen molar-refractivity contribution in [2.75, 3.05) is 6.61 Å². The maximum absolute atomic E-state index is 13.5. The van der Waals surface area contributed by atoms with Gasteiger partial charge in [0, 0.05) is 18.7 Å². The van der Waals surface area contributed by atoms with Gasteiger partial charge in [0.15, 0.2) is 0 Å². The second-order valence-electron chi connectivity index (χ2n) is 9.28. The highest BCUT2D eigenvalue weighted by Crippen LogP contribution is 2.21. The Morgan fingerprint density at radius 1 is 0.775 bits per heavy atom. The van der Waals surface area contributed by atoms with Crippen molar-refractivity contribution in [3.63, 3.8) is 0 Å². The van der Waals surface area contributed by atoms with Gasteiger partial charge in [0.1, 0.15) is 5.75 Å². The predicted molar refractivity (Wildman–Crippen MR) is 158 cm³/mol. The molecule has 0 aliphatic heterocycles. The minimum atomic E-state index is -3.75. The highest BCUT2D eigenvalue weighted by atomic mass is 32.2. The first-order chi connectivity index (χ1) is 19.4. The Balaban J connectivity index is 1.44. The first-order valence-corrected chi connectivity index (χ1v) is 14.6. The van der Waals surface area contributed by atoms with Crippen molar-refractivity contribution in [1.29, 1.82) is 0 Å². The minimum absolute atomic E-state index is 0.156. The van der Waals surface area contributed by atoms with E-state index in [9.17, 15) is 13.2 Å². The molecule has 0 heterocycles. The topological polar surface area (TPSA) is 88.1 Å². The largest absolute Gasteiger partial charge is 0.494 e. The van der Waals surface area contributed by atoms with Gasteiger partial charge in [0.2, 0.25) is 10.0 Å². The summed E-state index contributed by atoms with van der Waals surface area (Å²) in [5.74, 6) is 0.438. The molecule has 0 radical (unpaired) electrons. The zero-order valence-electron chi connectivity index (χ0n) is 22.7. The molecule has 40 heavy (non-hydrogen) atoms. The van der Waals surface area contributed by atoms with Crippen molar-refractivity contribution in [2.24, 2.45) is 5.10 Å². The van der Waals surface area contributed by atoms with Gasteiger partial charge in [-0.3, -0.25) is 4.79 Å². The summed E-state index contributed by atoms with van der Waals surface area (Å²) in [6.45, 7) is 4.91. The number of hydrogen-bond acceptors (Lipinski definition) is 5. The predicted octanol–water partition coefficient (Wildman–Crippen LogP) is 6.02. The molecule has 4 aromatic carbocycles. The van der Waals surface area contributed by atoms with Crippen molar-refractivity contribution in [3.8, 4) is 5.75 Å². The lowest BCUT2D eigenvalue weighted by Gasteiger charge is -2.22. The van der Waals surface area contributed by atoms with E-state index < -0.39 is 10.0 Å². The number of ether oxygens (including phenoxy) is 1. The number of amides is 1. The summed E-state index contributed by atoms with van der Waals surface area (Å²) in [7, 11) is -3.75. The van der Waals surface area contributed by atoms with Crippen LogP contribution < -0.4 is 10.2 Å². The van der Waals surface area contributed by atoms with E-state index in [0.717, 1.165) is 28.9 Å². The number of sulfonamides is 1. The molecule has 4 rings (SSSR count). The van der Waals surface area contributed by atoms with Gasteiger partial charge in [-0.25, -0.2) is 13.8 Å². The average Bonchev–Trinajstić information content (AvgIpc) is 3.00. The van der Waals surface area contributed by atoms with Gasteiger partial charge in [-0.15, -0.1) is 0 Å². The number of hydrazone groups is 1. The van der Waals surface area contributed by atoms with Gasteiger partial charge in [-0.05, 0) is 78.6 Å². The molecule has 7 nitrogen and oxygen atoms in total. The highest BCUT2D eigenvalue weighted by molar-refractivity contribution is 7.89. The fourth-order valence-corrected chi connectivity index (χ4v) is 5.43. The van der Waals surface area contributed by atoms with Gasteiger partial charge in [-0.1, -0.05) is 67.6 Å². The van der Waals surface area contributed by atoms with Gasteiger partial charge in [-0.2, -0.15) is 9.41 Å². The quantitative estimate of drug-likeness (QED) is 0.171. The molecule has 0 aromatic heterocycles. The molecule has 0 unspecified atom stereocenters. The minimum Gasteiger partial charge on any atom is -0.494 e. The first kappa shape index (κ1) is 28.7. The van der Waals surface area contributed by atoms with Crippen LogP contribution in [-0.4, -0.2) is 30.9 Å². The molecular weight excluding hydrogens is 522 g/mol. The van der Waals surface area contributed by atoms with E-state index >= 15 is 0 Å². The van der Waals surface area contributed by atoms with Crippen molar-refractivity contribution >= 4 is 21.6 Å². The molecule has 0 aliphatic rings.